The van der Waals surface area contributed by atoms with Crippen LogP contribution >= 0.6 is 13.5 Å². The van der Waals surface area contributed by atoms with E-state index in [1.165, 1.54) is 11.1 Å². The van der Waals surface area contributed by atoms with Gasteiger partial charge in [-0.1, -0.05) is 24.3 Å². The van der Waals surface area contributed by atoms with Gasteiger partial charge in [-0.15, -0.1) is 0 Å². The van der Waals surface area contributed by atoms with E-state index in [1.807, 2.05) is 21.8 Å². The maximum atomic E-state index is 12.5. The minimum atomic E-state index is -0.569. The first-order valence-corrected chi connectivity index (χ1v) is 10.2. The number of aromatic nitrogens is 2. The largest absolute Gasteiger partial charge is 0.390 e. The Bertz CT molecular complexity index is 785. The highest BCUT2D eigenvalue weighted by molar-refractivity contribution is 7.59. The standard InChI is InChI=1S/C21H29N5O2.H2S/c27-20(16-24-12-8-17-5-1-2-6-18(17)14-24)13-22-21(28)25-10-3-7-19(15-25)26-11-4-9-23-26;/h1-2,4-6,9,11,19-20,27H,3,7-8,10,12-16H2,(H,22,28);1H2/t19?,20-;/m0./s1. The van der Waals surface area contributed by atoms with E-state index in [0.29, 0.717) is 13.1 Å². The van der Waals surface area contributed by atoms with Gasteiger partial charge in [0.1, 0.15) is 0 Å². The minimum absolute atomic E-state index is 0. The summed E-state index contributed by atoms with van der Waals surface area (Å²) >= 11 is 0. The lowest BCUT2D eigenvalue weighted by Gasteiger charge is -2.33. The number of hydrogen-bond acceptors (Lipinski definition) is 4. The van der Waals surface area contributed by atoms with Crippen molar-refractivity contribution >= 4 is 19.5 Å². The van der Waals surface area contributed by atoms with Crippen LogP contribution < -0.4 is 5.32 Å². The second-order valence-electron chi connectivity index (χ2n) is 7.82. The van der Waals surface area contributed by atoms with Crippen LogP contribution in [0.5, 0.6) is 0 Å². The van der Waals surface area contributed by atoms with Gasteiger partial charge in [0.2, 0.25) is 0 Å². The first-order valence-electron chi connectivity index (χ1n) is 10.2. The number of likely N-dealkylation sites (tertiary alicyclic amines) is 1. The molecule has 0 aliphatic carbocycles. The zero-order valence-corrected chi connectivity index (χ0v) is 17.7. The quantitative estimate of drug-likeness (QED) is 0.778. The summed E-state index contributed by atoms with van der Waals surface area (Å²) in [6.07, 6.45) is 6.16. The van der Waals surface area contributed by atoms with Gasteiger partial charge in [-0.2, -0.15) is 18.6 Å². The molecule has 1 saturated heterocycles. The van der Waals surface area contributed by atoms with Gasteiger partial charge in [0.05, 0.1) is 12.1 Å². The molecule has 158 valence electrons. The number of aliphatic hydroxyl groups is 1. The number of β-amino-alcohol motifs (C(OH)–C–C–N with tert-alkyl or cyclic N) is 1. The molecule has 1 unspecified atom stereocenters. The van der Waals surface area contributed by atoms with Gasteiger partial charge in [-0.25, -0.2) is 4.79 Å². The van der Waals surface area contributed by atoms with Crippen molar-refractivity contribution in [1.82, 2.24) is 24.9 Å². The fraction of sp³-hybridized carbons (Fsp3) is 0.524. The number of nitrogens with one attached hydrogen (secondary N) is 1. The maximum Gasteiger partial charge on any atom is 0.317 e. The number of carbonyl (C=O) groups is 1. The molecule has 8 heteroatoms. The van der Waals surface area contributed by atoms with E-state index in [1.54, 1.807) is 6.20 Å². The first kappa shape index (κ1) is 21.7. The summed E-state index contributed by atoms with van der Waals surface area (Å²) in [5.41, 5.74) is 2.74. The van der Waals surface area contributed by atoms with Crippen LogP contribution in [0.2, 0.25) is 0 Å². The average Bonchev–Trinajstić information content (AvgIpc) is 3.27. The third-order valence-corrected chi connectivity index (χ3v) is 5.75. The van der Waals surface area contributed by atoms with Gasteiger partial charge < -0.3 is 15.3 Å². The summed E-state index contributed by atoms with van der Waals surface area (Å²) in [5, 5.41) is 17.6. The van der Waals surface area contributed by atoms with E-state index in [2.05, 4.69) is 39.6 Å². The summed E-state index contributed by atoms with van der Waals surface area (Å²) in [5.74, 6) is 0. The Hall–Kier alpha value is -2.03. The van der Waals surface area contributed by atoms with E-state index in [4.69, 9.17) is 0 Å². The van der Waals surface area contributed by atoms with Gasteiger partial charge in [-0.05, 0) is 36.5 Å². The van der Waals surface area contributed by atoms with Crippen LogP contribution in [0.1, 0.15) is 30.0 Å². The Kier molecular flexibility index (Phi) is 7.57. The Morgan fingerprint density at radius 3 is 2.86 bits per heavy atom. The van der Waals surface area contributed by atoms with E-state index in [-0.39, 0.29) is 32.1 Å². The number of nitrogens with zero attached hydrogens (tertiary/aromatic N) is 4. The number of amides is 2. The molecule has 0 spiro atoms. The number of carbonyl (C=O) groups excluding carboxylic acids is 1. The highest BCUT2D eigenvalue weighted by Gasteiger charge is 2.25. The Morgan fingerprint density at radius 2 is 2.07 bits per heavy atom. The van der Waals surface area contributed by atoms with Crippen molar-refractivity contribution in [1.29, 1.82) is 0 Å². The number of piperidine rings is 1. The van der Waals surface area contributed by atoms with Crippen LogP contribution in [-0.2, 0) is 13.0 Å². The molecule has 3 heterocycles. The summed E-state index contributed by atoms with van der Waals surface area (Å²) in [7, 11) is 0. The van der Waals surface area contributed by atoms with E-state index in [0.717, 1.165) is 38.9 Å². The monoisotopic (exact) mass is 417 g/mol. The van der Waals surface area contributed by atoms with Gasteiger partial charge in [0.25, 0.3) is 0 Å². The Labute approximate surface area is 179 Å². The predicted molar refractivity (Wildman–Crippen MR) is 117 cm³/mol. The van der Waals surface area contributed by atoms with Crippen molar-refractivity contribution in [2.45, 2.75) is 38.0 Å². The van der Waals surface area contributed by atoms with E-state index >= 15 is 0 Å². The molecule has 1 aromatic carbocycles. The normalized spacial score (nSPS) is 20.4. The molecule has 29 heavy (non-hydrogen) atoms. The van der Waals surface area contributed by atoms with Gasteiger partial charge >= 0.3 is 6.03 Å². The lowest BCUT2D eigenvalue weighted by atomic mass is 10.00. The second-order valence-corrected chi connectivity index (χ2v) is 7.82. The van der Waals surface area contributed by atoms with Crippen molar-refractivity contribution in [3.05, 3.63) is 53.9 Å². The molecule has 4 rings (SSSR count). The van der Waals surface area contributed by atoms with Crippen molar-refractivity contribution < 1.29 is 9.90 Å². The van der Waals surface area contributed by atoms with Gasteiger partial charge in [0.15, 0.2) is 0 Å². The van der Waals surface area contributed by atoms with E-state index < -0.39 is 6.10 Å². The lowest BCUT2D eigenvalue weighted by Crippen LogP contribution is -2.49. The predicted octanol–water partition coefficient (Wildman–Crippen LogP) is 1.76. The molecule has 2 N–H and O–H groups in total. The van der Waals surface area contributed by atoms with Crippen LogP contribution in [-0.4, -0.2) is 69.5 Å². The smallest absolute Gasteiger partial charge is 0.317 e. The zero-order chi connectivity index (χ0) is 19.3. The van der Waals surface area contributed by atoms with Crippen molar-refractivity contribution in [3.8, 4) is 0 Å². The minimum Gasteiger partial charge on any atom is -0.390 e. The number of benzene rings is 1. The van der Waals surface area contributed by atoms with Gasteiger partial charge in [0, 0.05) is 51.7 Å². The van der Waals surface area contributed by atoms with Crippen LogP contribution in [0.15, 0.2) is 42.7 Å². The lowest BCUT2D eigenvalue weighted by molar-refractivity contribution is 0.101. The Morgan fingerprint density at radius 1 is 1.24 bits per heavy atom. The van der Waals surface area contributed by atoms with E-state index in [9.17, 15) is 9.90 Å². The van der Waals surface area contributed by atoms with Crippen molar-refractivity contribution in [2.75, 3.05) is 32.7 Å². The van der Waals surface area contributed by atoms with Crippen LogP contribution in [0, 0.1) is 0 Å². The molecule has 1 aromatic heterocycles. The molecule has 7 nitrogen and oxygen atoms in total. The zero-order valence-electron chi connectivity index (χ0n) is 16.7. The molecule has 2 aliphatic rings. The third kappa shape index (κ3) is 5.52. The molecule has 1 fully saturated rings. The SMILES string of the molecule is O=C(NC[C@H](O)CN1CCc2ccccc2C1)N1CCCC(n2cccn2)C1.S. The molecule has 0 saturated carbocycles. The van der Waals surface area contributed by atoms with Crippen LogP contribution in [0.25, 0.3) is 0 Å². The molecular weight excluding hydrogens is 386 g/mol. The van der Waals surface area contributed by atoms with Crippen LogP contribution in [0.3, 0.4) is 0 Å². The molecule has 2 aliphatic heterocycles. The molecular formula is C21H31N5O2S. The molecule has 0 bridgehead atoms. The molecule has 2 aromatic rings. The number of urea groups is 1. The van der Waals surface area contributed by atoms with Crippen molar-refractivity contribution in [2.24, 2.45) is 0 Å². The summed E-state index contributed by atoms with van der Waals surface area (Å²) < 4.78 is 1.93. The third-order valence-electron chi connectivity index (χ3n) is 5.75. The highest BCUT2D eigenvalue weighted by Crippen LogP contribution is 2.21. The number of hydrogen-bond donors (Lipinski definition) is 2. The molecule has 2 atom stereocenters. The maximum absolute atomic E-state index is 12.5. The fourth-order valence-electron chi connectivity index (χ4n) is 4.24. The summed E-state index contributed by atoms with van der Waals surface area (Å²) in [6.45, 7) is 4.07. The molecule has 0 radical (unpaired) electrons. The summed E-state index contributed by atoms with van der Waals surface area (Å²) in [4.78, 5) is 16.6. The Balaban J connectivity index is 0.00000240. The highest BCUT2D eigenvalue weighted by atomic mass is 32.1. The second kappa shape index (κ2) is 10.1. The van der Waals surface area contributed by atoms with Gasteiger partial charge in [-0.3, -0.25) is 9.58 Å². The fourth-order valence-corrected chi connectivity index (χ4v) is 4.24. The topological polar surface area (TPSA) is 73.6 Å². The number of rotatable bonds is 5. The number of aliphatic hydroxyl groups excluding tert-OH is 1. The van der Waals surface area contributed by atoms with Crippen molar-refractivity contribution in [3.63, 3.8) is 0 Å². The summed E-state index contributed by atoms with van der Waals surface area (Å²) in [6, 6.07) is 10.5. The van der Waals surface area contributed by atoms with Crippen LogP contribution in [0.4, 0.5) is 4.79 Å². The first-order chi connectivity index (χ1) is 13.7. The molecule has 2 amide bonds. The number of fused-ring (bicyclic) bond motifs is 1. The average molecular weight is 418 g/mol.